The van der Waals surface area contributed by atoms with Crippen molar-refractivity contribution in [3.05, 3.63) is 60.3 Å². The van der Waals surface area contributed by atoms with Crippen LogP contribution >= 0.6 is 0 Å². The minimum Gasteiger partial charge on any atom is -0.356 e. The number of nitriles is 1. The first kappa shape index (κ1) is 19.2. The van der Waals surface area contributed by atoms with Gasteiger partial charge < -0.3 is 10.6 Å². The zero-order chi connectivity index (χ0) is 21.4. The molecule has 2 aromatic carbocycles. The summed E-state index contributed by atoms with van der Waals surface area (Å²) >= 11 is 0. The first-order chi connectivity index (χ1) is 15.1. The molecule has 1 aliphatic rings. The Labute approximate surface area is 180 Å². The number of piperidine rings is 1. The van der Waals surface area contributed by atoms with Crippen LogP contribution in [0.1, 0.15) is 18.4 Å². The number of anilines is 1. The van der Waals surface area contributed by atoms with E-state index in [1.807, 2.05) is 49.6 Å². The van der Waals surface area contributed by atoms with Crippen molar-refractivity contribution in [2.45, 2.75) is 18.9 Å². The maximum atomic E-state index is 9.18. The van der Waals surface area contributed by atoms with Crippen molar-refractivity contribution in [3.8, 4) is 28.3 Å². The Balaban J connectivity index is 1.62. The van der Waals surface area contributed by atoms with Crippen LogP contribution in [0.25, 0.3) is 33.3 Å². The Morgan fingerprint density at radius 2 is 1.74 bits per heavy atom. The van der Waals surface area contributed by atoms with Gasteiger partial charge in [-0.25, -0.2) is 9.67 Å². The predicted molar refractivity (Wildman–Crippen MR) is 121 cm³/mol. The molecule has 0 amide bonds. The Morgan fingerprint density at radius 3 is 2.48 bits per heavy atom. The van der Waals surface area contributed by atoms with Gasteiger partial charge in [-0.3, -0.25) is 0 Å². The summed E-state index contributed by atoms with van der Waals surface area (Å²) < 4.78 is 1.77. The molecule has 31 heavy (non-hydrogen) atoms. The van der Waals surface area contributed by atoms with Crippen molar-refractivity contribution in [1.82, 2.24) is 20.0 Å². The Morgan fingerprint density at radius 1 is 1.00 bits per heavy atom. The fourth-order valence-electron chi connectivity index (χ4n) is 4.15. The molecule has 0 atom stereocenters. The molecule has 0 saturated carbocycles. The van der Waals surface area contributed by atoms with E-state index in [0.29, 0.717) is 5.56 Å². The molecule has 3 heterocycles. The van der Waals surface area contributed by atoms with E-state index in [1.165, 1.54) is 0 Å². The number of pyridine rings is 1. The lowest BCUT2D eigenvalue weighted by Crippen LogP contribution is -2.40. The van der Waals surface area contributed by atoms with Crippen LogP contribution in [-0.4, -0.2) is 39.1 Å². The number of hydrogen-bond donors (Lipinski definition) is 1. The van der Waals surface area contributed by atoms with Crippen LogP contribution in [0, 0.1) is 11.3 Å². The number of fused-ring (bicyclic) bond motifs is 1. The highest BCUT2D eigenvalue weighted by Gasteiger charge is 2.19. The average molecular weight is 409 g/mol. The van der Waals surface area contributed by atoms with Gasteiger partial charge in [-0.2, -0.15) is 5.26 Å². The molecule has 7 nitrogen and oxygen atoms in total. The number of rotatable bonds is 3. The maximum absolute atomic E-state index is 9.18. The monoisotopic (exact) mass is 409 g/mol. The predicted octanol–water partition coefficient (Wildman–Crippen LogP) is 3.50. The van der Waals surface area contributed by atoms with Crippen LogP contribution in [0.2, 0.25) is 0 Å². The zero-order valence-electron chi connectivity index (χ0n) is 17.4. The van der Waals surface area contributed by atoms with E-state index in [0.717, 1.165) is 65.0 Å². The topological polar surface area (TPSA) is 96.7 Å². The maximum Gasteiger partial charge on any atom is 0.129 e. The minimum atomic E-state index is 0.271. The minimum absolute atomic E-state index is 0.271. The molecule has 154 valence electrons. The van der Waals surface area contributed by atoms with Gasteiger partial charge in [-0.15, -0.1) is 5.10 Å². The molecule has 1 fully saturated rings. The van der Waals surface area contributed by atoms with Gasteiger partial charge >= 0.3 is 0 Å². The van der Waals surface area contributed by atoms with Gasteiger partial charge in [0.25, 0.3) is 0 Å². The molecule has 0 radical (unpaired) electrons. The van der Waals surface area contributed by atoms with Crippen molar-refractivity contribution in [1.29, 1.82) is 5.26 Å². The van der Waals surface area contributed by atoms with E-state index in [2.05, 4.69) is 33.4 Å². The molecule has 2 aromatic heterocycles. The molecule has 0 bridgehead atoms. The third-order valence-electron chi connectivity index (χ3n) is 6.00. The quantitative estimate of drug-likeness (QED) is 0.556. The Hall–Kier alpha value is -3.76. The molecule has 4 aromatic rings. The highest BCUT2D eigenvalue weighted by atomic mass is 15.4. The summed E-state index contributed by atoms with van der Waals surface area (Å²) in [5, 5.41) is 17.6. The first-order valence-corrected chi connectivity index (χ1v) is 10.4. The van der Waals surface area contributed by atoms with Gasteiger partial charge in [0.15, 0.2) is 0 Å². The molecule has 5 rings (SSSR count). The normalized spacial score (nSPS) is 14.7. The highest BCUT2D eigenvalue weighted by Crippen LogP contribution is 2.35. The second kappa shape index (κ2) is 7.82. The molecule has 0 unspecified atom stereocenters. The fraction of sp³-hybridized carbons (Fsp3) is 0.250. The van der Waals surface area contributed by atoms with Crippen LogP contribution < -0.4 is 10.6 Å². The van der Waals surface area contributed by atoms with E-state index in [1.54, 1.807) is 4.68 Å². The molecule has 1 saturated heterocycles. The summed E-state index contributed by atoms with van der Waals surface area (Å²) in [4.78, 5) is 7.10. The molecule has 0 aliphatic carbocycles. The van der Waals surface area contributed by atoms with E-state index in [4.69, 9.17) is 10.7 Å². The number of nitrogens with two attached hydrogens (primary N) is 1. The highest BCUT2D eigenvalue weighted by molar-refractivity contribution is 5.89. The summed E-state index contributed by atoms with van der Waals surface area (Å²) in [6.07, 6.45) is 3.88. The fourth-order valence-corrected chi connectivity index (χ4v) is 4.15. The standard InChI is InChI=1S/C24H23N7/c1-30-23-7-6-18(12-22(23)28-29-30)21-15-27-24(31-10-8-19(26)9-11-31)13-20(21)17-4-2-16(14-25)3-5-17/h2-7,12-13,15,19H,8-11,26H2,1H3. The van der Waals surface area contributed by atoms with Crippen molar-refractivity contribution in [2.75, 3.05) is 18.0 Å². The third kappa shape index (κ3) is 3.62. The van der Waals surface area contributed by atoms with Gasteiger partial charge in [0.2, 0.25) is 0 Å². The lowest BCUT2D eigenvalue weighted by molar-refractivity contribution is 0.499. The zero-order valence-corrected chi connectivity index (χ0v) is 17.4. The van der Waals surface area contributed by atoms with E-state index < -0.39 is 0 Å². The van der Waals surface area contributed by atoms with Crippen molar-refractivity contribution in [2.24, 2.45) is 12.8 Å². The average Bonchev–Trinajstić information content (AvgIpc) is 3.19. The number of aromatic nitrogens is 4. The molecular weight excluding hydrogens is 386 g/mol. The van der Waals surface area contributed by atoms with Gasteiger partial charge in [-0.05, 0) is 59.9 Å². The second-order valence-electron chi connectivity index (χ2n) is 8.02. The van der Waals surface area contributed by atoms with Gasteiger partial charge in [-0.1, -0.05) is 23.4 Å². The molecule has 7 heteroatoms. The largest absolute Gasteiger partial charge is 0.356 e. The smallest absolute Gasteiger partial charge is 0.129 e. The van der Waals surface area contributed by atoms with Crippen molar-refractivity contribution >= 4 is 16.9 Å². The number of hydrogen-bond acceptors (Lipinski definition) is 6. The van der Waals surface area contributed by atoms with Crippen molar-refractivity contribution in [3.63, 3.8) is 0 Å². The summed E-state index contributed by atoms with van der Waals surface area (Å²) in [5.74, 6) is 0.954. The number of aryl methyl sites for hydroxylation is 1. The third-order valence-corrected chi connectivity index (χ3v) is 6.00. The van der Waals surface area contributed by atoms with Crippen LogP contribution in [0.15, 0.2) is 54.7 Å². The van der Waals surface area contributed by atoms with E-state index in [-0.39, 0.29) is 6.04 Å². The van der Waals surface area contributed by atoms with Gasteiger partial charge in [0, 0.05) is 37.9 Å². The Bertz CT molecular complexity index is 1280. The van der Waals surface area contributed by atoms with Crippen LogP contribution in [0.5, 0.6) is 0 Å². The number of nitrogens with zero attached hydrogens (tertiary/aromatic N) is 6. The second-order valence-corrected chi connectivity index (χ2v) is 8.02. The van der Waals surface area contributed by atoms with Gasteiger partial charge in [0.05, 0.1) is 17.1 Å². The molecular formula is C24H23N7. The number of benzene rings is 2. The van der Waals surface area contributed by atoms with Crippen LogP contribution in [0.3, 0.4) is 0 Å². The van der Waals surface area contributed by atoms with E-state index in [9.17, 15) is 5.26 Å². The molecule has 2 N–H and O–H groups in total. The van der Waals surface area contributed by atoms with Crippen molar-refractivity contribution < 1.29 is 0 Å². The first-order valence-electron chi connectivity index (χ1n) is 10.4. The van der Waals surface area contributed by atoms with Gasteiger partial charge in [0.1, 0.15) is 11.3 Å². The molecule has 1 aliphatic heterocycles. The summed E-state index contributed by atoms with van der Waals surface area (Å²) in [6, 6.07) is 18.5. The molecule has 0 spiro atoms. The SMILES string of the molecule is Cn1nnc2cc(-c3cnc(N4CCC(N)CC4)cc3-c3ccc(C#N)cc3)ccc21. The lowest BCUT2D eigenvalue weighted by Gasteiger charge is -2.31. The summed E-state index contributed by atoms with van der Waals surface area (Å²) in [7, 11) is 1.89. The lowest BCUT2D eigenvalue weighted by atomic mass is 9.95. The summed E-state index contributed by atoms with van der Waals surface area (Å²) in [5.41, 5.74) is 12.7. The van der Waals surface area contributed by atoms with Crippen LogP contribution in [0.4, 0.5) is 5.82 Å². The Kier molecular flexibility index (Phi) is 4.85. The van der Waals surface area contributed by atoms with E-state index >= 15 is 0 Å². The van der Waals surface area contributed by atoms with Crippen LogP contribution in [-0.2, 0) is 7.05 Å². The summed E-state index contributed by atoms with van der Waals surface area (Å²) in [6.45, 7) is 1.82.